The summed E-state index contributed by atoms with van der Waals surface area (Å²) in [5.74, 6) is -1.09. The molecule has 2 rings (SSSR count). The molecule has 0 saturated carbocycles. The highest BCUT2D eigenvalue weighted by atomic mass is 79.9. The van der Waals surface area contributed by atoms with Crippen LogP contribution in [0.2, 0.25) is 0 Å². The summed E-state index contributed by atoms with van der Waals surface area (Å²) in [5.41, 5.74) is 1.39. The number of hydrogen-bond acceptors (Lipinski definition) is 2. The maximum atomic E-state index is 13.7. The second-order valence-electron chi connectivity index (χ2n) is 4.20. The molecule has 0 amide bonds. The van der Waals surface area contributed by atoms with Gasteiger partial charge in [0.05, 0.1) is 6.26 Å². The molecule has 102 valence electrons. The molecule has 1 aromatic carbocycles. The van der Waals surface area contributed by atoms with E-state index in [2.05, 4.69) is 21.2 Å². The predicted molar refractivity (Wildman–Crippen MR) is 72.9 cm³/mol. The van der Waals surface area contributed by atoms with E-state index in [9.17, 15) is 8.78 Å². The van der Waals surface area contributed by atoms with E-state index in [1.165, 1.54) is 12.1 Å². The van der Waals surface area contributed by atoms with Crippen molar-refractivity contribution in [3.05, 3.63) is 58.0 Å². The smallest absolute Gasteiger partial charge is 0.173 e. The molecular weight excluding hydrogens is 316 g/mol. The largest absolute Gasteiger partial charge is 0.457 e. The highest BCUT2D eigenvalue weighted by molar-refractivity contribution is 9.10. The highest BCUT2D eigenvalue weighted by Crippen LogP contribution is 2.28. The van der Waals surface area contributed by atoms with Crippen LogP contribution in [0.25, 0.3) is 0 Å². The van der Waals surface area contributed by atoms with E-state index >= 15 is 0 Å². The number of hydrogen-bond donors (Lipinski definition) is 1. The molecule has 1 heterocycles. The van der Waals surface area contributed by atoms with Crippen LogP contribution in [-0.2, 0) is 6.42 Å². The van der Waals surface area contributed by atoms with E-state index in [0.29, 0.717) is 16.7 Å². The van der Waals surface area contributed by atoms with Crippen LogP contribution in [0.15, 0.2) is 39.6 Å². The summed E-state index contributed by atoms with van der Waals surface area (Å²) in [6, 6.07) is 5.40. The summed E-state index contributed by atoms with van der Waals surface area (Å²) < 4.78 is 32.4. The van der Waals surface area contributed by atoms with Crippen LogP contribution in [0.4, 0.5) is 8.78 Å². The van der Waals surface area contributed by atoms with Crippen LogP contribution < -0.4 is 5.32 Å². The van der Waals surface area contributed by atoms with Crippen LogP contribution in [-0.4, -0.2) is 6.54 Å². The van der Waals surface area contributed by atoms with Gasteiger partial charge in [-0.05, 0) is 46.6 Å². The quantitative estimate of drug-likeness (QED) is 0.888. The molecule has 1 aromatic heterocycles. The zero-order chi connectivity index (χ0) is 13.8. The molecule has 0 aliphatic rings. The molecule has 0 radical (unpaired) electrons. The Labute approximate surface area is 118 Å². The van der Waals surface area contributed by atoms with Gasteiger partial charge in [-0.3, -0.25) is 0 Å². The Hall–Kier alpha value is -1.20. The van der Waals surface area contributed by atoms with Crippen molar-refractivity contribution in [1.82, 2.24) is 5.32 Å². The molecule has 19 heavy (non-hydrogen) atoms. The van der Waals surface area contributed by atoms with Gasteiger partial charge in [-0.15, -0.1) is 0 Å². The standard InChI is InChI=1S/C14H14BrF2NO/c1-2-18-13(11-5-6-19-14(11)15)7-9-3-4-10(16)8-12(9)17/h3-6,8,13,18H,2,7H2,1H3. The van der Waals surface area contributed by atoms with Crippen LogP contribution in [0, 0.1) is 11.6 Å². The van der Waals surface area contributed by atoms with Crippen molar-refractivity contribution in [2.45, 2.75) is 19.4 Å². The predicted octanol–water partition coefficient (Wildman–Crippen LogP) is 4.21. The fourth-order valence-corrected chi connectivity index (χ4v) is 2.52. The number of nitrogens with one attached hydrogen (secondary N) is 1. The summed E-state index contributed by atoms with van der Waals surface area (Å²) in [4.78, 5) is 0. The normalized spacial score (nSPS) is 12.6. The minimum atomic E-state index is -0.564. The van der Waals surface area contributed by atoms with E-state index in [0.717, 1.165) is 18.2 Å². The topological polar surface area (TPSA) is 25.2 Å². The van der Waals surface area contributed by atoms with E-state index in [-0.39, 0.29) is 6.04 Å². The van der Waals surface area contributed by atoms with E-state index in [1.54, 1.807) is 6.26 Å². The maximum absolute atomic E-state index is 13.7. The number of halogens is 3. The summed E-state index contributed by atoms with van der Waals surface area (Å²) in [7, 11) is 0. The van der Waals surface area contributed by atoms with Gasteiger partial charge in [-0.2, -0.15) is 0 Å². The molecule has 1 unspecified atom stereocenters. The Bertz CT molecular complexity index is 556. The SMILES string of the molecule is CCNC(Cc1ccc(F)cc1F)c1ccoc1Br. The van der Waals surface area contributed by atoms with Gasteiger partial charge in [0.1, 0.15) is 11.6 Å². The summed E-state index contributed by atoms with van der Waals surface area (Å²) in [6.45, 7) is 2.72. The third-order valence-electron chi connectivity index (χ3n) is 2.91. The lowest BCUT2D eigenvalue weighted by atomic mass is 10.0. The molecule has 5 heteroatoms. The first-order chi connectivity index (χ1) is 9.11. The Morgan fingerprint density at radius 1 is 1.32 bits per heavy atom. The van der Waals surface area contributed by atoms with Crippen molar-refractivity contribution in [3.8, 4) is 0 Å². The molecule has 0 aliphatic carbocycles. The average Bonchev–Trinajstić information content (AvgIpc) is 2.78. The zero-order valence-electron chi connectivity index (χ0n) is 10.4. The number of benzene rings is 1. The molecule has 0 spiro atoms. The molecular formula is C14H14BrF2NO. The van der Waals surface area contributed by atoms with Gasteiger partial charge in [-0.1, -0.05) is 13.0 Å². The van der Waals surface area contributed by atoms with Crippen LogP contribution in [0.5, 0.6) is 0 Å². The van der Waals surface area contributed by atoms with Crippen LogP contribution in [0.1, 0.15) is 24.1 Å². The monoisotopic (exact) mass is 329 g/mol. The van der Waals surface area contributed by atoms with Crippen molar-refractivity contribution in [2.24, 2.45) is 0 Å². The van der Waals surface area contributed by atoms with Crippen LogP contribution in [0.3, 0.4) is 0 Å². The lowest BCUT2D eigenvalue weighted by Crippen LogP contribution is -2.23. The number of rotatable bonds is 5. The third-order valence-corrected chi connectivity index (χ3v) is 3.56. The number of likely N-dealkylation sites (N-methyl/N-ethyl adjacent to an activating group) is 1. The van der Waals surface area contributed by atoms with Gasteiger partial charge in [0.25, 0.3) is 0 Å². The van der Waals surface area contributed by atoms with Gasteiger partial charge >= 0.3 is 0 Å². The van der Waals surface area contributed by atoms with Crippen molar-refractivity contribution in [2.75, 3.05) is 6.54 Å². The molecule has 0 saturated heterocycles. The molecule has 0 aliphatic heterocycles. The lowest BCUT2D eigenvalue weighted by molar-refractivity contribution is 0.496. The van der Waals surface area contributed by atoms with E-state index in [1.807, 2.05) is 13.0 Å². The summed E-state index contributed by atoms with van der Waals surface area (Å²) in [5, 5.41) is 3.27. The van der Waals surface area contributed by atoms with Gasteiger partial charge in [0.15, 0.2) is 4.67 Å². The Morgan fingerprint density at radius 3 is 2.68 bits per heavy atom. The van der Waals surface area contributed by atoms with Crippen molar-refractivity contribution in [1.29, 1.82) is 0 Å². The fraction of sp³-hybridized carbons (Fsp3) is 0.286. The van der Waals surface area contributed by atoms with Gasteiger partial charge in [-0.25, -0.2) is 8.78 Å². The summed E-state index contributed by atoms with van der Waals surface area (Å²) in [6.07, 6.45) is 2.00. The second-order valence-corrected chi connectivity index (χ2v) is 4.92. The highest BCUT2D eigenvalue weighted by Gasteiger charge is 2.18. The minimum Gasteiger partial charge on any atom is -0.457 e. The third kappa shape index (κ3) is 3.42. The molecule has 2 nitrogen and oxygen atoms in total. The Morgan fingerprint density at radius 2 is 2.11 bits per heavy atom. The van der Waals surface area contributed by atoms with Crippen molar-refractivity contribution >= 4 is 15.9 Å². The van der Waals surface area contributed by atoms with Crippen LogP contribution >= 0.6 is 15.9 Å². The van der Waals surface area contributed by atoms with E-state index in [4.69, 9.17) is 4.42 Å². The first-order valence-electron chi connectivity index (χ1n) is 6.02. The number of furan rings is 1. The lowest BCUT2D eigenvalue weighted by Gasteiger charge is -2.17. The van der Waals surface area contributed by atoms with Gasteiger partial charge < -0.3 is 9.73 Å². The minimum absolute atomic E-state index is 0.0851. The Balaban J connectivity index is 2.24. The zero-order valence-corrected chi connectivity index (χ0v) is 12.0. The molecule has 1 N–H and O–H groups in total. The first-order valence-corrected chi connectivity index (χ1v) is 6.81. The average molecular weight is 330 g/mol. The maximum Gasteiger partial charge on any atom is 0.173 e. The van der Waals surface area contributed by atoms with Crippen molar-refractivity contribution in [3.63, 3.8) is 0 Å². The molecule has 0 bridgehead atoms. The van der Waals surface area contributed by atoms with Gasteiger partial charge in [0.2, 0.25) is 0 Å². The van der Waals surface area contributed by atoms with Crippen molar-refractivity contribution < 1.29 is 13.2 Å². The molecule has 0 fully saturated rings. The molecule has 1 atom stereocenters. The first kappa shape index (κ1) is 14.2. The van der Waals surface area contributed by atoms with E-state index < -0.39 is 11.6 Å². The summed E-state index contributed by atoms with van der Waals surface area (Å²) >= 11 is 3.32. The Kier molecular flexibility index (Phi) is 4.71. The second kappa shape index (κ2) is 6.30. The fourth-order valence-electron chi connectivity index (χ4n) is 2.00. The van der Waals surface area contributed by atoms with Gasteiger partial charge in [0, 0.05) is 17.7 Å². The molecule has 2 aromatic rings.